The number of hydrogen-bond donors (Lipinski definition) is 3. The number of nitrogens with two attached hydrogens (primary N) is 1. The molecule has 7 heteroatoms. The van der Waals surface area contributed by atoms with Gasteiger partial charge in [-0.2, -0.15) is 9.50 Å². The summed E-state index contributed by atoms with van der Waals surface area (Å²) >= 11 is 0. The Kier molecular flexibility index (Phi) is 4.23. The van der Waals surface area contributed by atoms with E-state index in [4.69, 9.17) is 5.73 Å². The van der Waals surface area contributed by atoms with Gasteiger partial charge in [0.15, 0.2) is 5.65 Å². The maximum Gasteiger partial charge on any atom is 0.247 e. The van der Waals surface area contributed by atoms with E-state index in [0.29, 0.717) is 23.3 Å². The molecule has 0 spiro atoms. The molecule has 3 aromatic rings. The van der Waals surface area contributed by atoms with Gasteiger partial charge in [0, 0.05) is 12.2 Å². The second kappa shape index (κ2) is 6.68. The van der Waals surface area contributed by atoms with E-state index in [1.54, 1.807) is 16.6 Å². The molecule has 3 heterocycles. The van der Waals surface area contributed by atoms with Gasteiger partial charge in [-0.05, 0) is 61.2 Å². The Morgan fingerprint density at radius 2 is 2.00 bits per heavy atom. The fourth-order valence-electron chi connectivity index (χ4n) is 3.33. The van der Waals surface area contributed by atoms with Gasteiger partial charge < -0.3 is 16.4 Å². The fraction of sp³-hybridized carbons (Fsp3) is 0.333. The van der Waals surface area contributed by atoms with Gasteiger partial charge in [-0.3, -0.25) is 0 Å². The zero-order chi connectivity index (χ0) is 17.2. The quantitative estimate of drug-likeness (QED) is 0.683. The Hall–Kier alpha value is -2.67. The second-order valence-corrected chi connectivity index (χ2v) is 6.41. The van der Waals surface area contributed by atoms with Crippen molar-refractivity contribution >= 4 is 23.1 Å². The van der Waals surface area contributed by atoms with Gasteiger partial charge in [-0.1, -0.05) is 12.5 Å². The van der Waals surface area contributed by atoms with Crippen LogP contribution in [-0.2, 0) is 0 Å². The lowest BCUT2D eigenvalue weighted by molar-refractivity contribution is 0.608. The van der Waals surface area contributed by atoms with E-state index >= 15 is 0 Å². The number of fused-ring (bicyclic) bond motifs is 1. The molecule has 1 aromatic carbocycles. The second-order valence-electron chi connectivity index (χ2n) is 6.41. The van der Waals surface area contributed by atoms with Crippen LogP contribution in [0.5, 0.6) is 0 Å². The zero-order valence-corrected chi connectivity index (χ0v) is 13.9. The van der Waals surface area contributed by atoms with E-state index in [1.807, 2.05) is 6.07 Å². The van der Waals surface area contributed by atoms with Crippen molar-refractivity contribution in [2.75, 3.05) is 24.1 Å². The number of anilines is 3. The molecule has 6 nitrogen and oxygen atoms in total. The number of nitrogen functional groups attached to an aromatic ring is 1. The highest BCUT2D eigenvalue weighted by Crippen LogP contribution is 2.29. The first-order valence-corrected chi connectivity index (χ1v) is 8.59. The summed E-state index contributed by atoms with van der Waals surface area (Å²) in [4.78, 5) is 4.45. The van der Waals surface area contributed by atoms with Crippen molar-refractivity contribution in [2.45, 2.75) is 25.2 Å². The van der Waals surface area contributed by atoms with Crippen LogP contribution in [0.3, 0.4) is 0 Å². The Morgan fingerprint density at radius 3 is 2.84 bits per heavy atom. The third-order valence-electron chi connectivity index (χ3n) is 4.66. The standard InChI is InChI=1S/C18H21FN6/c19-13-4-6-14(7-5-13)22-18-23-16-9-8-15(17(20)25(16)24-18)12-3-1-2-10-21-11-12/h4-9,12,21H,1-3,10-11,20H2,(H,22,24). The largest absolute Gasteiger partial charge is 0.383 e. The molecule has 1 unspecified atom stereocenters. The summed E-state index contributed by atoms with van der Waals surface area (Å²) < 4.78 is 14.7. The molecular formula is C18H21FN6. The van der Waals surface area contributed by atoms with E-state index in [-0.39, 0.29) is 5.82 Å². The Morgan fingerprint density at radius 1 is 1.16 bits per heavy atom. The molecule has 1 aliphatic rings. The predicted octanol–water partition coefficient (Wildman–Crippen LogP) is 3.05. The van der Waals surface area contributed by atoms with E-state index in [1.165, 1.54) is 25.0 Å². The third kappa shape index (κ3) is 3.28. The van der Waals surface area contributed by atoms with Crippen molar-refractivity contribution in [1.29, 1.82) is 0 Å². The molecule has 4 N–H and O–H groups in total. The summed E-state index contributed by atoms with van der Waals surface area (Å²) in [6.07, 6.45) is 3.52. The number of nitrogens with zero attached hydrogens (tertiary/aromatic N) is 3. The first-order valence-electron chi connectivity index (χ1n) is 8.59. The summed E-state index contributed by atoms with van der Waals surface area (Å²) in [6.45, 7) is 2.00. The summed E-state index contributed by atoms with van der Waals surface area (Å²) in [7, 11) is 0. The topological polar surface area (TPSA) is 80.3 Å². The third-order valence-corrected chi connectivity index (χ3v) is 4.66. The number of rotatable bonds is 3. The number of halogens is 1. The maximum absolute atomic E-state index is 13.0. The van der Waals surface area contributed by atoms with Crippen molar-refractivity contribution in [2.24, 2.45) is 0 Å². The van der Waals surface area contributed by atoms with Crippen molar-refractivity contribution < 1.29 is 4.39 Å². The van der Waals surface area contributed by atoms with Crippen LogP contribution in [0.1, 0.15) is 30.7 Å². The molecule has 1 saturated heterocycles. The van der Waals surface area contributed by atoms with Crippen molar-refractivity contribution in [3.05, 3.63) is 47.8 Å². The molecule has 130 valence electrons. The summed E-state index contributed by atoms with van der Waals surface area (Å²) in [5, 5.41) is 11.0. The molecular weight excluding hydrogens is 319 g/mol. The summed E-state index contributed by atoms with van der Waals surface area (Å²) in [5.41, 5.74) is 8.91. The first-order chi connectivity index (χ1) is 12.2. The van der Waals surface area contributed by atoms with E-state index in [2.05, 4.69) is 26.8 Å². The van der Waals surface area contributed by atoms with Gasteiger partial charge in [0.2, 0.25) is 5.95 Å². The number of nitrogens with one attached hydrogen (secondary N) is 2. The summed E-state index contributed by atoms with van der Waals surface area (Å²) in [5.74, 6) is 1.18. The monoisotopic (exact) mass is 340 g/mol. The molecule has 1 fully saturated rings. The predicted molar refractivity (Wildman–Crippen MR) is 96.5 cm³/mol. The van der Waals surface area contributed by atoms with Gasteiger partial charge in [-0.25, -0.2) is 4.39 Å². The minimum Gasteiger partial charge on any atom is -0.383 e. The lowest BCUT2D eigenvalue weighted by Gasteiger charge is -2.17. The van der Waals surface area contributed by atoms with Gasteiger partial charge in [0.25, 0.3) is 0 Å². The highest BCUT2D eigenvalue weighted by atomic mass is 19.1. The molecule has 1 aliphatic heterocycles. The normalized spacial score (nSPS) is 18.2. The smallest absolute Gasteiger partial charge is 0.247 e. The Bertz CT molecular complexity index is 865. The average Bonchev–Trinajstić information content (AvgIpc) is 2.84. The molecule has 0 amide bonds. The van der Waals surface area contributed by atoms with Gasteiger partial charge in [0.1, 0.15) is 11.6 Å². The lowest BCUT2D eigenvalue weighted by atomic mass is 9.95. The number of aromatic nitrogens is 3. The molecule has 25 heavy (non-hydrogen) atoms. The average molecular weight is 340 g/mol. The first kappa shape index (κ1) is 15.8. The van der Waals surface area contributed by atoms with Crippen molar-refractivity contribution in [1.82, 2.24) is 19.9 Å². The molecule has 0 aliphatic carbocycles. The molecule has 1 atom stereocenters. The Labute approximate surface area is 145 Å². The molecule has 0 saturated carbocycles. The zero-order valence-electron chi connectivity index (χ0n) is 13.9. The fourth-order valence-corrected chi connectivity index (χ4v) is 3.33. The van der Waals surface area contributed by atoms with Crippen molar-refractivity contribution in [3.63, 3.8) is 0 Å². The van der Waals surface area contributed by atoms with Crippen LogP contribution in [0.25, 0.3) is 5.65 Å². The van der Waals surface area contributed by atoms with Crippen LogP contribution < -0.4 is 16.4 Å². The van der Waals surface area contributed by atoms with Crippen LogP contribution in [0.15, 0.2) is 36.4 Å². The minimum atomic E-state index is -0.278. The highest BCUT2D eigenvalue weighted by molar-refractivity contribution is 5.59. The molecule has 0 radical (unpaired) electrons. The van der Waals surface area contributed by atoms with Crippen LogP contribution in [0.4, 0.5) is 21.8 Å². The van der Waals surface area contributed by atoms with Crippen LogP contribution in [-0.4, -0.2) is 27.7 Å². The lowest BCUT2D eigenvalue weighted by Crippen LogP contribution is -2.20. The number of benzene rings is 1. The highest BCUT2D eigenvalue weighted by Gasteiger charge is 2.19. The minimum absolute atomic E-state index is 0.278. The van der Waals surface area contributed by atoms with Crippen molar-refractivity contribution in [3.8, 4) is 0 Å². The van der Waals surface area contributed by atoms with Gasteiger partial charge in [0.05, 0.1) is 0 Å². The van der Waals surface area contributed by atoms with Crippen LogP contribution in [0, 0.1) is 5.82 Å². The number of hydrogen-bond acceptors (Lipinski definition) is 5. The Balaban J connectivity index is 1.63. The van der Waals surface area contributed by atoms with E-state index < -0.39 is 0 Å². The van der Waals surface area contributed by atoms with E-state index in [0.717, 1.165) is 30.8 Å². The SMILES string of the molecule is Nc1c(C2CCCCNC2)ccc2nc(Nc3ccc(F)cc3)nn12. The molecule has 4 rings (SSSR count). The molecule has 2 aromatic heterocycles. The maximum atomic E-state index is 13.0. The van der Waals surface area contributed by atoms with Crippen LogP contribution in [0.2, 0.25) is 0 Å². The van der Waals surface area contributed by atoms with Gasteiger partial charge in [-0.15, -0.1) is 5.10 Å². The number of pyridine rings is 1. The summed E-state index contributed by atoms with van der Waals surface area (Å²) in [6, 6.07) is 10.1. The molecule has 0 bridgehead atoms. The van der Waals surface area contributed by atoms with E-state index in [9.17, 15) is 4.39 Å². The van der Waals surface area contributed by atoms with Crippen LogP contribution >= 0.6 is 0 Å². The van der Waals surface area contributed by atoms with Gasteiger partial charge >= 0.3 is 0 Å².